The van der Waals surface area contributed by atoms with Crippen LogP contribution in [-0.2, 0) is 22.6 Å². The van der Waals surface area contributed by atoms with E-state index in [4.69, 9.17) is 16.6 Å². The number of anilines is 2. The topological polar surface area (TPSA) is 100 Å². The number of fused-ring (bicyclic) bond motifs is 1. The largest absolute Gasteiger partial charge is 0.417 e. The lowest BCUT2D eigenvalue weighted by molar-refractivity contribution is -0.137. The van der Waals surface area contributed by atoms with Crippen LogP contribution in [-0.4, -0.2) is 50.6 Å². The van der Waals surface area contributed by atoms with Crippen LogP contribution in [0.25, 0.3) is 10.9 Å². The molecular formula is C29H32ClF3N6O2S2. The number of hydrogen-bond acceptors (Lipinski definition) is 8. The molecule has 0 unspecified atom stereocenters. The van der Waals surface area contributed by atoms with E-state index in [2.05, 4.69) is 20.0 Å². The summed E-state index contributed by atoms with van der Waals surface area (Å²) in [5.41, 5.74) is 0.213. The van der Waals surface area contributed by atoms with Crippen LogP contribution in [0.5, 0.6) is 0 Å². The standard InChI is InChI=1S/C29H32ClF3N6O2S2/c1-39(2)27-22-5-3-4-6-24(22)37-28(38-27)35-15-18-7-9-19(10-8-18)16-36-43(40,41)26-12-11-21(42-26)14-25-23(30)13-20(17-34-25)29(31,32)33/h3-6,11-13,17-19,36H,7-10,14-16H2,1-2H3,(H,35,37,38). The van der Waals surface area contributed by atoms with Crippen LogP contribution in [0.1, 0.15) is 41.8 Å². The zero-order valence-corrected chi connectivity index (χ0v) is 26.0. The molecule has 1 aromatic carbocycles. The molecule has 1 fully saturated rings. The third kappa shape index (κ3) is 7.75. The number of halogens is 4. The van der Waals surface area contributed by atoms with E-state index in [0.29, 0.717) is 23.3 Å². The van der Waals surface area contributed by atoms with Gasteiger partial charge in [-0.1, -0.05) is 23.7 Å². The Balaban J connectivity index is 1.10. The van der Waals surface area contributed by atoms with Gasteiger partial charge in [0.25, 0.3) is 0 Å². The Morgan fingerprint density at radius 3 is 2.40 bits per heavy atom. The third-order valence-electron chi connectivity index (χ3n) is 7.57. The predicted molar refractivity (Wildman–Crippen MR) is 164 cm³/mol. The summed E-state index contributed by atoms with van der Waals surface area (Å²) in [7, 11) is 0.198. The van der Waals surface area contributed by atoms with Crippen LogP contribution in [0.3, 0.4) is 0 Å². The molecule has 1 aliphatic rings. The highest BCUT2D eigenvalue weighted by atomic mass is 35.5. The quantitative estimate of drug-likeness (QED) is 0.199. The lowest BCUT2D eigenvalue weighted by atomic mass is 9.82. The van der Waals surface area contributed by atoms with Crippen molar-refractivity contribution in [3.63, 3.8) is 0 Å². The number of rotatable bonds is 10. The van der Waals surface area contributed by atoms with Crippen LogP contribution < -0.4 is 14.9 Å². The minimum absolute atomic E-state index is 0.111. The van der Waals surface area contributed by atoms with E-state index in [1.54, 1.807) is 6.07 Å². The fraction of sp³-hybridized carbons (Fsp3) is 0.414. The highest BCUT2D eigenvalue weighted by Crippen LogP contribution is 2.33. The van der Waals surface area contributed by atoms with Crippen LogP contribution in [0.15, 0.2) is 52.9 Å². The van der Waals surface area contributed by atoms with Gasteiger partial charge >= 0.3 is 6.18 Å². The molecule has 0 amide bonds. The fourth-order valence-corrected chi connectivity index (χ4v) is 7.92. The molecule has 1 saturated carbocycles. The van der Waals surface area contributed by atoms with Crippen molar-refractivity contribution in [2.45, 2.75) is 42.5 Å². The Labute approximate surface area is 257 Å². The van der Waals surface area contributed by atoms with Gasteiger partial charge < -0.3 is 10.2 Å². The molecule has 4 aromatic rings. The van der Waals surface area contributed by atoms with E-state index in [9.17, 15) is 21.6 Å². The van der Waals surface area contributed by atoms with Gasteiger partial charge in [0.15, 0.2) is 0 Å². The summed E-state index contributed by atoms with van der Waals surface area (Å²) in [4.78, 5) is 15.8. The maximum absolute atomic E-state index is 13.0. The van der Waals surface area contributed by atoms with Gasteiger partial charge in [0.1, 0.15) is 10.0 Å². The first-order valence-corrected chi connectivity index (χ1v) is 16.5. The van der Waals surface area contributed by atoms with Gasteiger partial charge in [-0.15, -0.1) is 11.3 Å². The van der Waals surface area contributed by atoms with Gasteiger partial charge in [-0.25, -0.2) is 18.1 Å². The zero-order chi connectivity index (χ0) is 30.8. The number of pyridine rings is 1. The average molecular weight is 653 g/mol. The number of nitrogens with one attached hydrogen (secondary N) is 2. The summed E-state index contributed by atoms with van der Waals surface area (Å²) in [6.45, 7) is 1.10. The molecule has 0 bridgehead atoms. The van der Waals surface area contributed by atoms with Crippen LogP contribution in [0.4, 0.5) is 24.9 Å². The van der Waals surface area contributed by atoms with Crippen molar-refractivity contribution in [2.24, 2.45) is 11.8 Å². The first-order valence-electron chi connectivity index (χ1n) is 13.9. The number of benzene rings is 1. The lowest BCUT2D eigenvalue weighted by Crippen LogP contribution is -2.32. The maximum Gasteiger partial charge on any atom is 0.417 e. The minimum atomic E-state index is -4.54. The molecule has 0 aliphatic heterocycles. The number of para-hydroxylation sites is 1. The summed E-state index contributed by atoms with van der Waals surface area (Å²) >= 11 is 7.07. The van der Waals surface area contributed by atoms with E-state index in [1.807, 2.05) is 43.3 Å². The first-order chi connectivity index (χ1) is 20.4. The molecule has 230 valence electrons. The Kier molecular flexibility index (Phi) is 9.45. The smallest absolute Gasteiger partial charge is 0.362 e. The van der Waals surface area contributed by atoms with Gasteiger partial charge in [0.05, 0.1) is 21.8 Å². The number of thiophene rings is 1. The van der Waals surface area contributed by atoms with Crippen LogP contribution in [0.2, 0.25) is 5.02 Å². The van der Waals surface area contributed by atoms with Gasteiger partial charge in [-0.05, 0) is 67.9 Å². The Hall–Kier alpha value is -3.00. The van der Waals surface area contributed by atoms with Crippen molar-refractivity contribution < 1.29 is 21.6 Å². The molecule has 1 aliphatic carbocycles. The van der Waals surface area contributed by atoms with Gasteiger partial charge in [-0.2, -0.15) is 18.2 Å². The molecule has 14 heteroatoms. The molecule has 0 radical (unpaired) electrons. The second-order valence-electron chi connectivity index (χ2n) is 10.9. The van der Waals surface area contributed by atoms with E-state index in [1.165, 1.54) is 6.07 Å². The monoisotopic (exact) mass is 652 g/mol. The first kappa shape index (κ1) is 31.4. The Bertz CT molecular complexity index is 1690. The van der Waals surface area contributed by atoms with Gasteiger partial charge in [-0.3, -0.25) is 4.98 Å². The molecule has 2 N–H and O–H groups in total. The Morgan fingerprint density at radius 1 is 1.02 bits per heavy atom. The number of nitrogens with zero attached hydrogens (tertiary/aromatic N) is 4. The molecule has 0 atom stereocenters. The normalized spacial score (nSPS) is 17.7. The van der Waals surface area contributed by atoms with Gasteiger partial charge in [0.2, 0.25) is 16.0 Å². The highest BCUT2D eigenvalue weighted by Gasteiger charge is 2.31. The second-order valence-corrected chi connectivity index (χ2v) is 14.5. The van der Waals surface area contributed by atoms with Crippen molar-refractivity contribution in [3.05, 3.63) is 69.8 Å². The van der Waals surface area contributed by atoms with E-state index in [0.717, 1.165) is 72.5 Å². The molecular weight excluding hydrogens is 621 g/mol. The average Bonchev–Trinajstić information content (AvgIpc) is 3.45. The minimum Gasteiger partial charge on any atom is -0.362 e. The summed E-state index contributed by atoms with van der Waals surface area (Å²) in [6.07, 6.45) is 0.0840. The van der Waals surface area contributed by atoms with Crippen molar-refractivity contribution in [1.82, 2.24) is 19.7 Å². The van der Waals surface area contributed by atoms with Crippen molar-refractivity contribution in [3.8, 4) is 0 Å². The molecule has 43 heavy (non-hydrogen) atoms. The highest BCUT2D eigenvalue weighted by molar-refractivity contribution is 7.91. The maximum atomic E-state index is 13.0. The van der Waals surface area contributed by atoms with Crippen LogP contribution >= 0.6 is 22.9 Å². The fourth-order valence-electron chi connectivity index (χ4n) is 5.17. The van der Waals surface area contributed by atoms with Crippen molar-refractivity contribution >= 4 is 55.6 Å². The summed E-state index contributed by atoms with van der Waals surface area (Å²) in [5, 5.41) is 4.29. The predicted octanol–water partition coefficient (Wildman–Crippen LogP) is 6.61. The van der Waals surface area contributed by atoms with Crippen molar-refractivity contribution in [1.29, 1.82) is 0 Å². The molecule has 8 nitrogen and oxygen atoms in total. The van der Waals surface area contributed by atoms with Gasteiger partial charge in [0, 0.05) is 50.1 Å². The molecule has 3 heterocycles. The summed E-state index contributed by atoms with van der Waals surface area (Å²) in [6, 6.07) is 11.9. The second kappa shape index (κ2) is 12.9. The van der Waals surface area contributed by atoms with Crippen molar-refractivity contribution in [2.75, 3.05) is 37.4 Å². The number of alkyl halides is 3. The zero-order valence-electron chi connectivity index (χ0n) is 23.7. The third-order valence-corrected chi connectivity index (χ3v) is 10.9. The van der Waals surface area contributed by atoms with E-state index < -0.39 is 21.8 Å². The molecule has 0 spiro atoms. The Morgan fingerprint density at radius 2 is 1.72 bits per heavy atom. The molecule has 3 aromatic heterocycles. The summed E-state index contributed by atoms with van der Waals surface area (Å²) < 4.78 is 67.5. The number of hydrogen-bond donors (Lipinski definition) is 2. The molecule has 5 rings (SSSR count). The summed E-state index contributed by atoms with van der Waals surface area (Å²) in [5.74, 6) is 2.14. The molecule has 0 saturated heterocycles. The van der Waals surface area contributed by atoms with E-state index in [-0.39, 0.29) is 27.3 Å². The van der Waals surface area contributed by atoms with E-state index >= 15 is 0 Å². The number of sulfonamides is 1. The van der Waals surface area contributed by atoms with Crippen LogP contribution in [0, 0.1) is 11.8 Å². The SMILES string of the molecule is CN(C)c1nc(NCC2CCC(CNS(=O)(=O)c3ccc(Cc4ncc(C(F)(F)F)cc4Cl)s3)CC2)nc2ccccc12. The lowest BCUT2D eigenvalue weighted by Gasteiger charge is -2.28. The number of aromatic nitrogens is 3.